The number of hydrogen-bond donors (Lipinski definition) is 1. The molecule has 0 radical (unpaired) electrons. The highest BCUT2D eigenvalue weighted by Gasteiger charge is 2.20. The Balaban J connectivity index is 1.75. The van der Waals surface area contributed by atoms with Gasteiger partial charge in [0.25, 0.3) is 5.56 Å². The number of benzene rings is 2. The highest BCUT2D eigenvalue weighted by molar-refractivity contribution is 6.32. The van der Waals surface area contributed by atoms with Gasteiger partial charge in [0, 0.05) is 12.2 Å². The molecule has 36 heavy (non-hydrogen) atoms. The Kier molecular flexibility index (Phi) is 7.36. The number of fused-ring (bicyclic) bond motifs is 1. The van der Waals surface area contributed by atoms with Crippen LogP contribution < -0.4 is 16.6 Å². The summed E-state index contributed by atoms with van der Waals surface area (Å²) in [4.78, 5) is 44.2. The molecule has 0 aliphatic carbocycles. The zero-order valence-corrected chi connectivity index (χ0v) is 20.7. The minimum atomic E-state index is -0.626. The van der Waals surface area contributed by atoms with Crippen LogP contribution in [0.4, 0.5) is 5.69 Å². The fourth-order valence-corrected chi connectivity index (χ4v) is 4.10. The first-order valence-electron chi connectivity index (χ1n) is 11.5. The van der Waals surface area contributed by atoms with Gasteiger partial charge >= 0.3 is 5.69 Å². The van der Waals surface area contributed by atoms with Gasteiger partial charge in [0.1, 0.15) is 12.6 Å². The molecule has 2 aromatic carbocycles. The van der Waals surface area contributed by atoms with Crippen LogP contribution in [0.5, 0.6) is 0 Å². The molecule has 0 fully saturated rings. The predicted octanol–water partition coefficient (Wildman–Crippen LogP) is 3.62. The minimum Gasteiger partial charge on any atom is -0.325 e. The molecule has 0 saturated heterocycles. The molecular formula is C26H25ClN6O3. The van der Waals surface area contributed by atoms with Gasteiger partial charge in [0.15, 0.2) is 11.2 Å². The maximum Gasteiger partial charge on any atom is 0.333 e. The average molecular weight is 505 g/mol. The molecular weight excluding hydrogens is 480 g/mol. The van der Waals surface area contributed by atoms with Gasteiger partial charge in [-0.05, 0) is 36.1 Å². The number of anilines is 1. The summed E-state index contributed by atoms with van der Waals surface area (Å²) < 4.78 is 4.09. The van der Waals surface area contributed by atoms with Crippen molar-refractivity contribution in [3.63, 3.8) is 0 Å². The number of carbonyl (C=O) groups excluding carboxylic acids is 1. The average Bonchev–Trinajstić information content (AvgIpc) is 3.28. The van der Waals surface area contributed by atoms with Gasteiger partial charge in [0.2, 0.25) is 5.91 Å². The summed E-state index contributed by atoms with van der Waals surface area (Å²) >= 11 is 6.05. The van der Waals surface area contributed by atoms with Crippen LogP contribution in [0, 0.1) is 17.2 Å². The first-order chi connectivity index (χ1) is 17.3. The normalized spacial score (nSPS) is 11.1. The number of nitrogens with zero attached hydrogens (tertiary/aromatic N) is 5. The molecule has 0 bridgehead atoms. The van der Waals surface area contributed by atoms with E-state index in [0.717, 1.165) is 16.6 Å². The molecule has 2 aromatic heterocycles. The second kappa shape index (κ2) is 10.6. The molecule has 0 atom stereocenters. The molecule has 0 aliphatic rings. The summed E-state index contributed by atoms with van der Waals surface area (Å²) in [6, 6.07) is 15.8. The third-order valence-corrected chi connectivity index (χ3v) is 6.10. The zero-order valence-electron chi connectivity index (χ0n) is 19.9. The van der Waals surface area contributed by atoms with Crippen LogP contribution in [0.3, 0.4) is 0 Å². The fraction of sp³-hybridized carbons (Fsp3) is 0.269. The van der Waals surface area contributed by atoms with Crippen molar-refractivity contribution in [1.82, 2.24) is 18.7 Å². The van der Waals surface area contributed by atoms with Crippen molar-refractivity contribution in [1.29, 1.82) is 5.26 Å². The van der Waals surface area contributed by atoms with Crippen LogP contribution in [0.25, 0.3) is 11.2 Å². The van der Waals surface area contributed by atoms with Crippen LogP contribution in [-0.4, -0.2) is 24.6 Å². The lowest BCUT2D eigenvalue weighted by molar-refractivity contribution is -0.116. The Labute approximate surface area is 212 Å². The van der Waals surface area contributed by atoms with E-state index in [4.69, 9.17) is 16.9 Å². The van der Waals surface area contributed by atoms with Crippen molar-refractivity contribution >= 4 is 34.4 Å². The minimum absolute atomic E-state index is 0.188. The van der Waals surface area contributed by atoms with Crippen molar-refractivity contribution in [3.8, 4) is 6.07 Å². The number of rotatable bonds is 8. The molecule has 10 heteroatoms. The lowest BCUT2D eigenvalue weighted by Gasteiger charge is -2.13. The van der Waals surface area contributed by atoms with Gasteiger partial charge < -0.3 is 9.88 Å². The van der Waals surface area contributed by atoms with Crippen LogP contribution in [0.15, 0.2) is 64.4 Å². The van der Waals surface area contributed by atoms with E-state index in [2.05, 4.69) is 24.1 Å². The quantitative estimate of drug-likeness (QED) is 0.393. The van der Waals surface area contributed by atoms with Gasteiger partial charge in [-0.15, -0.1) is 0 Å². The van der Waals surface area contributed by atoms with E-state index < -0.39 is 23.7 Å². The molecule has 0 aliphatic heterocycles. The third-order valence-electron chi connectivity index (χ3n) is 5.79. The summed E-state index contributed by atoms with van der Waals surface area (Å²) in [5, 5.41) is 11.9. The van der Waals surface area contributed by atoms with E-state index in [1.165, 1.54) is 22.8 Å². The van der Waals surface area contributed by atoms with Crippen molar-refractivity contribution < 1.29 is 4.79 Å². The summed E-state index contributed by atoms with van der Waals surface area (Å²) in [5.41, 5.74) is 0.847. The fourth-order valence-electron chi connectivity index (χ4n) is 3.88. The molecule has 0 unspecified atom stereocenters. The molecule has 0 saturated carbocycles. The largest absolute Gasteiger partial charge is 0.333 e. The van der Waals surface area contributed by atoms with Crippen LogP contribution in [0.1, 0.15) is 31.4 Å². The van der Waals surface area contributed by atoms with Crippen molar-refractivity contribution in [2.45, 2.75) is 39.9 Å². The second-order valence-electron chi connectivity index (χ2n) is 8.89. The lowest BCUT2D eigenvalue weighted by atomic mass is 10.1. The summed E-state index contributed by atoms with van der Waals surface area (Å²) in [6.07, 6.45) is 2.39. The molecule has 1 N–H and O–H groups in total. The number of nitriles is 1. The molecule has 1 amide bonds. The maximum absolute atomic E-state index is 13.5. The second-order valence-corrected chi connectivity index (χ2v) is 9.30. The predicted molar refractivity (Wildman–Crippen MR) is 138 cm³/mol. The number of carbonyl (C=O) groups is 1. The van der Waals surface area contributed by atoms with E-state index in [1.807, 2.05) is 36.4 Å². The molecule has 2 heterocycles. The van der Waals surface area contributed by atoms with Crippen LogP contribution in [-0.2, 0) is 24.4 Å². The maximum atomic E-state index is 13.5. The Hall–Kier alpha value is -4.16. The van der Waals surface area contributed by atoms with Gasteiger partial charge in [-0.3, -0.25) is 14.2 Å². The summed E-state index contributed by atoms with van der Waals surface area (Å²) in [5.74, 6) is -0.168. The first-order valence-corrected chi connectivity index (χ1v) is 11.9. The number of hydrogen-bond acceptors (Lipinski definition) is 5. The highest BCUT2D eigenvalue weighted by Crippen LogP contribution is 2.20. The van der Waals surface area contributed by atoms with Crippen LogP contribution in [0.2, 0.25) is 5.02 Å². The number of amides is 1. The van der Waals surface area contributed by atoms with Gasteiger partial charge in [-0.1, -0.05) is 55.8 Å². The Morgan fingerprint density at radius 1 is 1.14 bits per heavy atom. The summed E-state index contributed by atoms with van der Waals surface area (Å²) in [7, 11) is 0. The molecule has 9 nitrogen and oxygen atoms in total. The SMILES string of the molecule is CC(C)CCn1cnc2c1c(=O)n(CC(=O)Nc1ccc(C#N)c(Cl)c1)c(=O)n2Cc1ccccc1. The molecule has 0 spiro atoms. The third kappa shape index (κ3) is 5.24. The monoisotopic (exact) mass is 504 g/mol. The number of imidazole rings is 1. The number of halogens is 1. The molecule has 184 valence electrons. The standard InChI is InChI=1S/C26H25ClN6O3/c1-17(2)10-11-31-16-29-24-23(31)25(35)33(26(36)32(24)14-18-6-4-3-5-7-18)15-22(34)30-20-9-8-19(13-28)21(27)12-20/h3-9,12,16-17H,10-11,14-15H2,1-2H3,(H,30,34). The van der Waals surface area contributed by atoms with Crippen molar-refractivity contribution in [3.05, 3.63) is 91.8 Å². The van der Waals surface area contributed by atoms with Gasteiger partial charge in [0.05, 0.1) is 23.5 Å². The number of nitrogens with one attached hydrogen (secondary N) is 1. The zero-order chi connectivity index (χ0) is 25.8. The van der Waals surface area contributed by atoms with Crippen molar-refractivity contribution in [2.75, 3.05) is 5.32 Å². The lowest BCUT2D eigenvalue weighted by Crippen LogP contribution is -2.43. The highest BCUT2D eigenvalue weighted by atomic mass is 35.5. The van der Waals surface area contributed by atoms with E-state index >= 15 is 0 Å². The van der Waals surface area contributed by atoms with E-state index in [-0.39, 0.29) is 28.3 Å². The Bertz CT molecular complexity index is 1580. The Morgan fingerprint density at radius 2 is 1.89 bits per heavy atom. The smallest absolute Gasteiger partial charge is 0.325 e. The molecule has 4 aromatic rings. The molecule has 4 rings (SSSR count). The van der Waals surface area contributed by atoms with Gasteiger partial charge in [-0.25, -0.2) is 14.3 Å². The Morgan fingerprint density at radius 3 is 2.56 bits per heavy atom. The van der Waals surface area contributed by atoms with E-state index in [1.54, 1.807) is 10.9 Å². The van der Waals surface area contributed by atoms with Crippen molar-refractivity contribution in [2.24, 2.45) is 5.92 Å². The van der Waals surface area contributed by atoms with Gasteiger partial charge in [-0.2, -0.15) is 5.26 Å². The topological polar surface area (TPSA) is 115 Å². The van der Waals surface area contributed by atoms with E-state index in [9.17, 15) is 14.4 Å². The number of aromatic nitrogens is 4. The number of aryl methyl sites for hydroxylation is 1. The van der Waals surface area contributed by atoms with Crippen LogP contribution >= 0.6 is 11.6 Å². The first kappa shape index (κ1) is 24.9. The van der Waals surface area contributed by atoms with E-state index in [0.29, 0.717) is 18.2 Å². The summed E-state index contributed by atoms with van der Waals surface area (Å²) in [6.45, 7) is 4.44.